The SMILES string of the molecule is CCNC(C)(CCCCSCC1CCCC1)C(N)=O. The van der Waals surface area contributed by atoms with Gasteiger partial charge >= 0.3 is 0 Å². The van der Waals surface area contributed by atoms with E-state index in [4.69, 9.17) is 5.73 Å². The van der Waals surface area contributed by atoms with Gasteiger partial charge in [0.1, 0.15) is 0 Å². The van der Waals surface area contributed by atoms with Crippen molar-refractivity contribution in [3.8, 4) is 0 Å². The van der Waals surface area contributed by atoms with Gasteiger partial charge in [0.15, 0.2) is 0 Å². The van der Waals surface area contributed by atoms with Crippen LogP contribution < -0.4 is 11.1 Å². The van der Waals surface area contributed by atoms with Crippen LogP contribution in [0, 0.1) is 5.92 Å². The topological polar surface area (TPSA) is 55.1 Å². The lowest BCUT2D eigenvalue weighted by Gasteiger charge is -2.26. The summed E-state index contributed by atoms with van der Waals surface area (Å²) in [6, 6.07) is 0. The highest BCUT2D eigenvalue weighted by Gasteiger charge is 2.28. The van der Waals surface area contributed by atoms with Gasteiger partial charge in [-0.3, -0.25) is 4.79 Å². The molecule has 0 heterocycles. The van der Waals surface area contributed by atoms with E-state index in [1.807, 2.05) is 13.8 Å². The van der Waals surface area contributed by atoms with Crippen molar-refractivity contribution in [2.75, 3.05) is 18.1 Å². The fraction of sp³-hybridized carbons (Fsp3) is 0.933. The van der Waals surface area contributed by atoms with Crippen LogP contribution in [0.25, 0.3) is 0 Å². The molecular weight excluding hydrogens is 256 g/mol. The number of nitrogens with two attached hydrogens (primary N) is 1. The fourth-order valence-corrected chi connectivity index (χ4v) is 4.04. The molecule has 0 aliphatic heterocycles. The summed E-state index contributed by atoms with van der Waals surface area (Å²) in [6.45, 7) is 4.72. The Bertz CT molecular complexity index is 267. The number of carbonyl (C=O) groups is 1. The van der Waals surface area contributed by atoms with E-state index in [1.54, 1.807) is 0 Å². The van der Waals surface area contributed by atoms with Gasteiger partial charge in [-0.2, -0.15) is 11.8 Å². The minimum atomic E-state index is -0.523. The maximum atomic E-state index is 11.5. The molecule has 0 spiro atoms. The molecular formula is C15H30N2OS. The second-order valence-electron chi connectivity index (χ2n) is 5.91. The van der Waals surface area contributed by atoms with Crippen molar-refractivity contribution < 1.29 is 4.79 Å². The molecule has 1 amide bonds. The summed E-state index contributed by atoms with van der Waals surface area (Å²) < 4.78 is 0. The van der Waals surface area contributed by atoms with Crippen molar-refractivity contribution >= 4 is 17.7 Å². The van der Waals surface area contributed by atoms with E-state index < -0.39 is 5.54 Å². The summed E-state index contributed by atoms with van der Waals surface area (Å²) in [4.78, 5) is 11.5. The lowest BCUT2D eigenvalue weighted by Crippen LogP contribution is -2.52. The number of rotatable bonds is 10. The zero-order chi connectivity index (χ0) is 14.1. The summed E-state index contributed by atoms with van der Waals surface area (Å²) in [6.07, 6.45) is 8.85. The van der Waals surface area contributed by atoms with Crippen LogP contribution >= 0.6 is 11.8 Å². The molecule has 1 aliphatic carbocycles. The smallest absolute Gasteiger partial charge is 0.237 e. The molecule has 0 aromatic rings. The molecule has 1 aliphatic rings. The van der Waals surface area contributed by atoms with E-state index in [0.29, 0.717) is 0 Å². The largest absolute Gasteiger partial charge is 0.368 e. The van der Waals surface area contributed by atoms with Crippen LogP contribution in [0.1, 0.15) is 58.8 Å². The summed E-state index contributed by atoms with van der Waals surface area (Å²) in [5.74, 6) is 3.30. The second kappa shape index (κ2) is 8.85. The van der Waals surface area contributed by atoms with Crippen LogP contribution in [-0.2, 0) is 4.79 Å². The standard InChI is InChI=1S/C15H30N2OS/c1-3-17-15(2,14(16)18)10-6-7-11-19-12-13-8-4-5-9-13/h13,17H,3-12H2,1-2H3,(H2,16,18). The third-order valence-electron chi connectivity index (χ3n) is 4.15. The third kappa shape index (κ3) is 6.17. The van der Waals surface area contributed by atoms with Crippen molar-refractivity contribution in [3.63, 3.8) is 0 Å². The van der Waals surface area contributed by atoms with Gasteiger partial charge in [0.25, 0.3) is 0 Å². The zero-order valence-corrected chi connectivity index (χ0v) is 13.4. The third-order valence-corrected chi connectivity index (χ3v) is 5.44. The number of nitrogens with one attached hydrogen (secondary N) is 1. The Morgan fingerprint density at radius 1 is 1.37 bits per heavy atom. The summed E-state index contributed by atoms with van der Waals surface area (Å²) in [5, 5.41) is 3.21. The number of primary amides is 1. The van der Waals surface area contributed by atoms with Gasteiger partial charge < -0.3 is 11.1 Å². The van der Waals surface area contributed by atoms with E-state index in [1.165, 1.54) is 43.6 Å². The Kier molecular flexibility index (Phi) is 7.84. The molecule has 19 heavy (non-hydrogen) atoms. The molecule has 4 heteroatoms. The van der Waals surface area contributed by atoms with Gasteiger partial charge in [0.2, 0.25) is 5.91 Å². The molecule has 1 rings (SSSR count). The maximum Gasteiger partial charge on any atom is 0.237 e. The second-order valence-corrected chi connectivity index (χ2v) is 7.06. The zero-order valence-electron chi connectivity index (χ0n) is 12.5. The van der Waals surface area contributed by atoms with Crippen molar-refractivity contribution in [3.05, 3.63) is 0 Å². The maximum absolute atomic E-state index is 11.5. The van der Waals surface area contributed by atoms with Gasteiger partial charge in [-0.05, 0) is 56.6 Å². The summed E-state index contributed by atoms with van der Waals surface area (Å²) in [7, 11) is 0. The first-order valence-corrected chi connectivity index (χ1v) is 8.86. The van der Waals surface area contributed by atoms with Crippen molar-refractivity contribution in [2.24, 2.45) is 11.7 Å². The molecule has 1 saturated carbocycles. The van der Waals surface area contributed by atoms with Crippen LogP contribution in [0.5, 0.6) is 0 Å². The van der Waals surface area contributed by atoms with E-state index in [2.05, 4.69) is 17.1 Å². The molecule has 0 bridgehead atoms. The Morgan fingerprint density at radius 3 is 2.63 bits per heavy atom. The predicted molar refractivity (Wildman–Crippen MR) is 84.4 cm³/mol. The summed E-state index contributed by atoms with van der Waals surface area (Å²) >= 11 is 2.09. The summed E-state index contributed by atoms with van der Waals surface area (Å²) in [5.41, 5.74) is 4.95. The van der Waals surface area contributed by atoms with Gasteiger partial charge in [0, 0.05) is 0 Å². The minimum absolute atomic E-state index is 0.229. The lowest BCUT2D eigenvalue weighted by molar-refractivity contribution is -0.124. The van der Waals surface area contributed by atoms with Crippen LogP contribution in [0.2, 0.25) is 0 Å². The minimum Gasteiger partial charge on any atom is -0.368 e. The van der Waals surface area contributed by atoms with E-state index >= 15 is 0 Å². The number of thioether (sulfide) groups is 1. The first kappa shape index (κ1) is 16.8. The average molecular weight is 286 g/mol. The molecule has 0 saturated heterocycles. The lowest BCUT2D eigenvalue weighted by atomic mass is 9.94. The van der Waals surface area contributed by atoms with Crippen LogP contribution in [0.15, 0.2) is 0 Å². The molecule has 1 fully saturated rings. The number of amides is 1. The Balaban J connectivity index is 2.06. The van der Waals surface area contributed by atoms with E-state index in [0.717, 1.165) is 25.3 Å². The van der Waals surface area contributed by atoms with Crippen molar-refractivity contribution in [1.82, 2.24) is 5.32 Å². The molecule has 0 radical (unpaired) electrons. The number of hydrogen-bond donors (Lipinski definition) is 2. The van der Waals surface area contributed by atoms with Gasteiger partial charge in [-0.15, -0.1) is 0 Å². The van der Waals surface area contributed by atoms with Gasteiger partial charge in [0.05, 0.1) is 5.54 Å². The van der Waals surface area contributed by atoms with Crippen molar-refractivity contribution in [1.29, 1.82) is 0 Å². The highest BCUT2D eigenvalue weighted by atomic mass is 32.2. The highest BCUT2D eigenvalue weighted by molar-refractivity contribution is 7.99. The number of carbonyl (C=O) groups excluding carboxylic acids is 1. The molecule has 112 valence electrons. The Labute approximate surface area is 122 Å². The van der Waals surface area contributed by atoms with E-state index in [9.17, 15) is 4.79 Å². The molecule has 0 aromatic carbocycles. The van der Waals surface area contributed by atoms with Gasteiger partial charge in [-0.1, -0.05) is 26.2 Å². The Hall–Kier alpha value is -0.220. The molecule has 0 aromatic heterocycles. The number of unbranched alkanes of at least 4 members (excludes halogenated alkanes) is 1. The normalized spacial score (nSPS) is 19.5. The van der Waals surface area contributed by atoms with Crippen LogP contribution in [-0.4, -0.2) is 29.5 Å². The molecule has 1 unspecified atom stereocenters. The molecule has 3 nitrogen and oxygen atoms in total. The quantitative estimate of drug-likeness (QED) is 0.607. The van der Waals surface area contributed by atoms with Crippen LogP contribution in [0.4, 0.5) is 0 Å². The van der Waals surface area contributed by atoms with Crippen LogP contribution in [0.3, 0.4) is 0 Å². The number of hydrogen-bond acceptors (Lipinski definition) is 3. The van der Waals surface area contributed by atoms with Crippen molar-refractivity contribution in [2.45, 2.75) is 64.3 Å². The average Bonchev–Trinajstić information content (AvgIpc) is 2.86. The van der Waals surface area contributed by atoms with Gasteiger partial charge in [-0.25, -0.2) is 0 Å². The molecule has 3 N–H and O–H groups in total. The highest BCUT2D eigenvalue weighted by Crippen LogP contribution is 2.28. The monoisotopic (exact) mass is 286 g/mol. The fourth-order valence-electron chi connectivity index (χ4n) is 2.80. The first-order chi connectivity index (χ1) is 9.08. The Morgan fingerprint density at radius 2 is 2.05 bits per heavy atom. The van der Waals surface area contributed by atoms with E-state index in [-0.39, 0.29) is 5.91 Å². The predicted octanol–water partition coefficient (Wildman–Crippen LogP) is 2.93. The number of likely N-dealkylation sites (N-methyl/N-ethyl adjacent to an activating group) is 1. The first-order valence-electron chi connectivity index (χ1n) is 7.71. The molecule has 1 atom stereocenters.